The maximum absolute atomic E-state index is 13.6. The lowest BCUT2D eigenvalue weighted by atomic mass is 10.0. The number of pyridine rings is 1. The fraction of sp³-hybridized carbons (Fsp3) is 0.185. The van der Waals surface area contributed by atoms with Gasteiger partial charge in [0.2, 0.25) is 0 Å². The number of para-hydroxylation sites is 1. The highest BCUT2D eigenvalue weighted by Gasteiger charge is 2.22. The highest BCUT2D eigenvalue weighted by Crippen LogP contribution is 2.27. The van der Waals surface area contributed by atoms with Crippen molar-refractivity contribution in [3.8, 4) is 0 Å². The molecular weight excluding hydrogens is 384 g/mol. The average Bonchev–Trinajstić information content (AvgIpc) is 2.75. The Labute approximate surface area is 182 Å². The van der Waals surface area contributed by atoms with E-state index in [2.05, 4.69) is 4.98 Å². The molecule has 3 aromatic carbocycles. The van der Waals surface area contributed by atoms with Crippen LogP contribution in [0.4, 0.5) is 5.69 Å². The van der Waals surface area contributed by atoms with E-state index in [1.54, 1.807) is 4.90 Å². The van der Waals surface area contributed by atoms with Crippen molar-refractivity contribution >= 4 is 22.5 Å². The van der Waals surface area contributed by atoms with Crippen LogP contribution in [-0.2, 0) is 6.54 Å². The van der Waals surface area contributed by atoms with E-state index in [-0.39, 0.29) is 18.0 Å². The van der Waals surface area contributed by atoms with E-state index in [1.807, 2.05) is 94.4 Å². The van der Waals surface area contributed by atoms with Crippen LogP contribution in [0.1, 0.15) is 38.2 Å². The van der Waals surface area contributed by atoms with Gasteiger partial charge < -0.3 is 9.88 Å². The summed E-state index contributed by atoms with van der Waals surface area (Å²) in [5, 5.41) is 0.957. The summed E-state index contributed by atoms with van der Waals surface area (Å²) >= 11 is 0. The number of benzene rings is 3. The molecule has 0 atom stereocenters. The number of aryl methyl sites for hydroxylation is 3. The first-order valence-electron chi connectivity index (χ1n) is 10.4. The summed E-state index contributed by atoms with van der Waals surface area (Å²) in [5.41, 5.74) is 6.80. The Morgan fingerprint density at radius 3 is 2.35 bits per heavy atom. The van der Waals surface area contributed by atoms with Crippen LogP contribution < -0.4 is 10.5 Å². The molecule has 0 spiro atoms. The normalized spacial score (nSPS) is 11.0. The summed E-state index contributed by atoms with van der Waals surface area (Å²) in [5.74, 6) is -0.124. The Hall–Kier alpha value is -3.66. The first kappa shape index (κ1) is 20.6. The predicted molar refractivity (Wildman–Crippen MR) is 127 cm³/mol. The third-order valence-electron chi connectivity index (χ3n) is 5.87. The average molecular weight is 411 g/mol. The molecule has 4 heteroatoms. The largest absolute Gasteiger partial charge is 0.321 e. The Morgan fingerprint density at radius 2 is 1.58 bits per heavy atom. The zero-order chi connectivity index (χ0) is 22.1. The van der Waals surface area contributed by atoms with Gasteiger partial charge in [0.15, 0.2) is 0 Å². The van der Waals surface area contributed by atoms with Gasteiger partial charge in [-0.3, -0.25) is 9.59 Å². The number of nitrogens with one attached hydrogen (secondary N) is 1. The molecule has 0 bridgehead atoms. The molecule has 31 heavy (non-hydrogen) atoms. The second-order valence-corrected chi connectivity index (χ2v) is 8.14. The number of aromatic amines is 1. The van der Waals surface area contributed by atoms with E-state index >= 15 is 0 Å². The van der Waals surface area contributed by atoms with Gasteiger partial charge >= 0.3 is 0 Å². The van der Waals surface area contributed by atoms with E-state index in [1.165, 1.54) is 0 Å². The fourth-order valence-electron chi connectivity index (χ4n) is 3.94. The van der Waals surface area contributed by atoms with Gasteiger partial charge in [-0.2, -0.15) is 0 Å². The molecular formula is C27H26N2O2. The quantitative estimate of drug-likeness (QED) is 0.475. The lowest BCUT2D eigenvalue weighted by Crippen LogP contribution is -2.33. The molecule has 1 heterocycles. The number of amides is 1. The summed E-state index contributed by atoms with van der Waals surface area (Å²) < 4.78 is 0. The summed E-state index contributed by atoms with van der Waals surface area (Å²) in [4.78, 5) is 31.2. The van der Waals surface area contributed by atoms with Crippen LogP contribution in [0.25, 0.3) is 10.9 Å². The van der Waals surface area contributed by atoms with E-state index in [9.17, 15) is 9.59 Å². The summed E-state index contributed by atoms with van der Waals surface area (Å²) in [7, 11) is 0. The van der Waals surface area contributed by atoms with Crippen LogP contribution in [0, 0.1) is 27.7 Å². The van der Waals surface area contributed by atoms with Crippen LogP contribution in [0.15, 0.2) is 71.5 Å². The zero-order valence-electron chi connectivity index (χ0n) is 18.3. The number of anilines is 1. The number of hydrogen-bond donors (Lipinski definition) is 1. The van der Waals surface area contributed by atoms with Crippen molar-refractivity contribution in [2.24, 2.45) is 0 Å². The first-order valence-corrected chi connectivity index (χ1v) is 10.4. The molecule has 0 saturated heterocycles. The van der Waals surface area contributed by atoms with Crippen LogP contribution >= 0.6 is 0 Å². The maximum atomic E-state index is 13.6. The van der Waals surface area contributed by atoms with Crippen molar-refractivity contribution in [1.82, 2.24) is 4.98 Å². The number of nitrogens with zero attached hydrogens (tertiary/aromatic N) is 1. The minimum absolute atomic E-state index is 0.124. The first-order chi connectivity index (χ1) is 14.8. The van der Waals surface area contributed by atoms with E-state index in [4.69, 9.17) is 0 Å². The topological polar surface area (TPSA) is 53.2 Å². The number of carbonyl (C=O) groups is 1. The zero-order valence-corrected chi connectivity index (χ0v) is 18.3. The minimum atomic E-state index is -0.172. The third kappa shape index (κ3) is 4.02. The molecule has 4 rings (SSSR count). The number of rotatable bonds is 4. The smallest absolute Gasteiger partial charge is 0.258 e. The second kappa shape index (κ2) is 8.23. The van der Waals surface area contributed by atoms with Gasteiger partial charge in [-0.15, -0.1) is 0 Å². The lowest BCUT2D eigenvalue weighted by molar-refractivity contribution is 0.0985. The van der Waals surface area contributed by atoms with Crippen molar-refractivity contribution < 1.29 is 4.79 Å². The van der Waals surface area contributed by atoms with Crippen LogP contribution in [0.2, 0.25) is 0 Å². The standard InChI is InChI=1S/C27H26N2O2/c1-17-8-5-12-22(14-17)27(31)29(24-13-7-9-18(2)20(24)4)16-23-15-21-11-6-10-19(3)25(21)28-26(23)30/h5-15H,16H2,1-4H3,(H,28,30). The Morgan fingerprint density at radius 1 is 0.871 bits per heavy atom. The van der Waals surface area contributed by atoms with E-state index in [0.717, 1.165) is 38.8 Å². The molecule has 1 aromatic heterocycles. The van der Waals surface area contributed by atoms with Crippen molar-refractivity contribution in [2.45, 2.75) is 34.2 Å². The van der Waals surface area contributed by atoms with Gasteiger partial charge in [0, 0.05) is 16.8 Å². The van der Waals surface area contributed by atoms with Gasteiger partial charge in [-0.05, 0) is 74.0 Å². The van der Waals surface area contributed by atoms with Crippen LogP contribution in [0.3, 0.4) is 0 Å². The number of carbonyl (C=O) groups excluding carboxylic acids is 1. The Bertz CT molecular complexity index is 1350. The lowest BCUT2D eigenvalue weighted by Gasteiger charge is -2.25. The predicted octanol–water partition coefficient (Wildman–Crippen LogP) is 5.61. The number of hydrogen-bond acceptors (Lipinski definition) is 2. The third-order valence-corrected chi connectivity index (χ3v) is 5.87. The SMILES string of the molecule is Cc1cccc(C(=O)N(Cc2cc3cccc(C)c3[nH]c2=O)c2cccc(C)c2C)c1. The number of aromatic nitrogens is 1. The molecule has 4 aromatic rings. The molecule has 0 unspecified atom stereocenters. The molecule has 156 valence electrons. The molecule has 0 saturated carbocycles. The molecule has 0 fully saturated rings. The van der Waals surface area contributed by atoms with Crippen molar-refractivity contribution in [1.29, 1.82) is 0 Å². The summed E-state index contributed by atoms with van der Waals surface area (Å²) in [6.45, 7) is 8.17. The molecule has 1 amide bonds. The van der Waals surface area contributed by atoms with Gasteiger partial charge in [0.05, 0.1) is 12.1 Å². The molecule has 0 radical (unpaired) electrons. The number of H-pyrrole nitrogens is 1. The summed E-state index contributed by atoms with van der Waals surface area (Å²) in [6, 6.07) is 21.3. The number of fused-ring (bicyclic) bond motifs is 1. The molecule has 0 aliphatic rings. The Balaban J connectivity index is 1.84. The molecule has 0 aliphatic carbocycles. The van der Waals surface area contributed by atoms with Crippen LogP contribution in [-0.4, -0.2) is 10.9 Å². The maximum Gasteiger partial charge on any atom is 0.258 e. The monoisotopic (exact) mass is 410 g/mol. The molecule has 0 aliphatic heterocycles. The van der Waals surface area contributed by atoms with Gasteiger partial charge in [0.25, 0.3) is 11.5 Å². The van der Waals surface area contributed by atoms with Gasteiger partial charge in [-0.25, -0.2) is 0 Å². The van der Waals surface area contributed by atoms with E-state index < -0.39 is 0 Å². The van der Waals surface area contributed by atoms with Crippen LogP contribution in [0.5, 0.6) is 0 Å². The summed E-state index contributed by atoms with van der Waals surface area (Å²) in [6.07, 6.45) is 0. The van der Waals surface area contributed by atoms with Gasteiger partial charge in [0.1, 0.15) is 0 Å². The molecule has 1 N–H and O–H groups in total. The Kier molecular flexibility index (Phi) is 5.47. The highest BCUT2D eigenvalue weighted by molar-refractivity contribution is 6.06. The van der Waals surface area contributed by atoms with Gasteiger partial charge in [-0.1, -0.05) is 48.0 Å². The molecule has 4 nitrogen and oxygen atoms in total. The van der Waals surface area contributed by atoms with E-state index in [0.29, 0.717) is 11.1 Å². The van der Waals surface area contributed by atoms with Crippen molar-refractivity contribution in [3.63, 3.8) is 0 Å². The second-order valence-electron chi connectivity index (χ2n) is 8.14. The van der Waals surface area contributed by atoms with Crippen molar-refractivity contribution in [3.05, 3.63) is 110 Å². The highest BCUT2D eigenvalue weighted by atomic mass is 16.2. The van der Waals surface area contributed by atoms with Crippen molar-refractivity contribution in [2.75, 3.05) is 4.90 Å². The minimum Gasteiger partial charge on any atom is -0.321 e. The fourth-order valence-corrected chi connectivity index (χ4v) is 3.94.